The van der Waals surface area contributed by atoms with E-state index in [-0.39, 0.29) is 16.1 Å². The monoisotopic (exact) mass is 298 g/mol. The predicted molar refractivity (Wildman–Crippen MR) is 73.0 cm³/mol. The van der Waals surface area contributed by atoms with Gasteiger partial charge in [0.15, 0.2) is 5.52 Å². The van der Waals surface area contributed by atoms with E-state index in [1.54, 1.807) is 18.5 Å². The van der Waals surface area contributed by atoms with Gasteiger partial charge in [-0.2, -0.15) is 0 Å². The number of hydrogen-bond donors (Lipinski definition) is 0. The number of imidazole rings is 1. The summed E-state index contributed by atoms with van der Waals surface area (Å²) in [6, 6.07) is 2.45. The number of sulfonamides is 1. The van der Waals surface area contributed by atoms with E-state index in [1.165, 1.54) is 20.2 Å². The standard InChI is InChI=1S/C11H14N4O4S/c1-7-12-11-9(14(7)4)5-8(6-10(11)15(16)17)20(18,19)13(2)3/h5-6H,1-4H3. The van der Waals surface area contributed by atoms with Crippen LogP contribution in [-0.4, -0.2) is 41.3 Å². The van der Waals surface area contributed by atoms with Gasteiger partial charge in [-0.15, -0.1) is 0 Å². The van der Waals surface area contributed by atoms with Crippen LogP contribution in [0.1, 0.15) is 5.82 Å². The minimum Gasteiger partial charge on any atom is -0.331 e. The maximum absolute atomic E-state index is 12.1. The van der Waals surface area contributed by atoms with Crippen LogP contribution in [-0.2, 0) is 17.1 Å². The fourth-order valence-electron chi connectivity index (χ4n) is 1.86. The normalized spacial score (nSPS) is 12.2. The average molecular weight is 298 g/mol. The summed E-state index contributed by atoms with van der Waals surface area (Å²) in [7, 11) is 0.687. The van der Waals surface area contributed by atoms with Gasteiger partial charge >= 0.3 is 0 Å². The van der Waals surface area contributed by atoms with E-state index in [0.29, 0.717) is 11.3 Å². The van der Waals surface area contributed by atoms with Crippen molar-refractivity contribution in [2.24, 2.45) is 7.05 Å². The van der Waals surface area contributed by atoms with Crippen molar-refractivity contribution in [3.8, 4) is 0 Å². The van der Waals surface area contributed by atoms with E-state index in [2.05, 4.69) is 4.98 Å². The zero-order valence-electron chi connectivity index (χ0n) is 11.5. The second-order valence-electron chi connectivity index (χ2n) is 4.57. The molecule has 0 saturated heterocycles. The largest absolute Gasteiger partial charge is 0.331 e. The quantitative estimate of drug-likeness (QED) is 0.623. The molecule has 0 aliphatic heterocycles. The molecule has 2 rings (SSSR count). The number of nitro benzene ring substituents is 1. The first-order valence-corrected chi connectivity index (χ1v) is 7.14. The molecule has 0 aliphatic rings. The summed E-state index contributed by atoms with van der Waals surface area (Å²) >= 11 is 0. The molecule has 2 aromatic rings. The molecule has 1 heterocycles. The van der Waals surface area contributed by atoms with Gasteiger partial charge in [-0.1, -0.05) is 0 Å². The van der Waals surface area contributed by atoms with Crippen molar-refractivity contribution in [3.63, 3.8) is 0 Å². The van der Waals surface area contributed by atoms with Crippen molar-refractivity contribution in [2.75, 3.05) is 14.1 Å². The summed E-state index contributed by atoms with van der Waals surface area (Å²) in [6.07, 6.45) is 0. The summed E-state index contributed by atoms with van der Waals surface area (Å²) in [4.78, 5) is 14.5. The number of aromatic nitrogens is 2. The third-order valence-corrected chi connectivity index (χ3v) is 4.93. The van der Waals surface area contributed by atoms with E-state index in [9.17, 15) is 18.5 Å². The number of nitro groups is 1. The molecule has 8 nitrogen and oxygen atoms in total. The van der Waals surface area contributed by atoms with Gasteiger partial charge in [0.05, 0.1) is 15.3 Å². The zero-order valence-corrected chi connectivity index (χ0v) is 12.3. The van der Waals surface area contributed by atoms with Crippen LogP contribution in [0.15, 0.2) is 17.0 Å². The number of non-ortho nitro benzene ring substituents is 1. The number of hydrogen-bond acceptors (Lipinski definition) is 5. The lowest BCUT2D eigenvalue weighted by Crippen LogP contribution is -2.22. The molecule has 0 bridgehead atoms. The molecular weight excluding hydrogens is 284 g/mol. The Morgan fingerprint density at radius 2 is 1.95 bits per heavy atom. The minimum absolute atomic E-state index is 0.121. The molecule has 0 saturated carbocycles. The van der Waals surface area contributed by atoms with Crippen LogP contribution < -0.4 is 0 Å². The van der Waals surface area contributed by atoms with Crippen LogP contribution in [0.25, 0.3) is 11.0 Å². The third kappa shape index (κ3) is 2.04. The van der Waals surface area contributed by atoms with E-state index in [1.807, 2.05) is 0 Å². The highest BCUT2D eigenvalue weighted by Crippen LogP contribution is 2.30. The minimum atomic E-state index is -3.74. The van der Waals surface area contributed by atoms with Gasteiger partial charge in [-0.3, -0.25) is 10.1 Å². The molecule has 0 fully saturated rings. The van der Waals surface area contributed by atoms with Crippen molar-refractivity contribution < 1.29 is 13.3 Å². The molecule has 9 heteroatoms. The van der Waals surface area contributed by atoms with Crippen LogP contribution in [0.2, 0.25) is 0 Å². The molecule has 0 spiro atoms. The molecule has 108 valence electrons. The van der Waals surface area contributed by atoms with Crippen LogP contribution in [0.3, 0.4) is 0 Å². The van der Waals surface area contributed by atoms with Gasteiger partial charge in [0.25, 0.3) is 5.69 Å². The maximum atomic E-state index is 12.1. The van der Waals surface area contributed by atoms with E-state index >= 15 is 0 Å². The Hall–Kier alpha value is -2.00. The van der Waals surface area contributed by atoms with Crippen LogP contribution in [0, 0.1) is 17.0 Å². The van der Waals surface area contributed by atoms with Gasteiger partial charge in [-0.25, -0.2) is 17.7 Å². The Balaban J connectivity index is 2.90. The Bertz CT molecular complexity index is 807. The van der Waals surface area contributed by atoms with Crippen LogP contribution >= 0.6 is 0 Å². The molecule has 0 unspecified atom stereocenters. The summed E-state index contributed by atoms with van der Waals surface area (Å²) in [5.41, 5.74) is 0.288. The Labute approximate surface area is 115 Å². The average Bonchev–Trinajstić information content (AvgIpc) is 2.64. The maximum Gasteiger partial charge on any atom is 0.298 e. The molecule has 0 radical (unpaired) electrons. The molecule has 0 amide bonds. The lowest BCUT2D eigenvalue weighted by atomic mass is 10.2. The fourth-order valence-corrected chi connectivity index (χ4v) is 2.80. The number of benzene rings is 1. The smallest absolute Gasteiger partial charge is 0.298 e. The van der Waals surface area contributed by atoms with E-state index in [0.717, 1.165) is 10.4 Å². The van der Waals surface area contributed by atoms with Gasteiger partial charge in [0.1, 0.15) is 5.82 Å². The van der Waals surface area contributed by atoms with Crippen LogP contribution in [0.5, 0.6) is 0 Å². The fraction of sp³-hybridized carbons (Fsp3) is 0.364. The topological polar surface area (TPSA) is 98.3 Å². The Morgan fingerprint density at radius 1 is 1.35 bits per heavy atom. The highest BCUT2D eigenvalue weighted by Gasteiger charge is 2.25. The second kappa shape index (κ2) is 4.53. The molecule has 1 aromatic heterocycles. The molecule has 20 heavy (non-hydrogen) atoms. The first-order valence-electron chi connectivity index (χ1n) is 5.70. The van der Waals surface area contributed by atoms with Crippen molar-refractivity contribution >= 4 is 26.7 Å². The summed E-state index contributed by atoms with van der Waals surface area (Å²) in [5, 5.41) is 11.1. The molecule has 0 atom stereocenters. The zero-order chi connectivity index (χ0) is 15.2. The molecule has 0 N–H and O–H groups in total. The Morgan fingerprint density at radius 3 is 2.45 bits per heavy atom. The van der Waals surface area contributed by atoms with E-state index in [4.69, 9.17) is 0 Å². The summed E-state index contributed by atoms with van der Waals surface area (Å²) in [5.74, 6) is 0.572. The highest BCUT2D eigenvalue weighted by molar-refractivity contribution is 7.89. The summed E-state index contributed by atoms with van der Waals surface area (Å²) in [6.45, 7) is 1.70. The first-order chi connectivity index (χ1) is 9.16. The van der Waals surface area contributed by atoms with Crippen molar-refractivity contribution in [1.29, 1.82) is 0 Å². The second-order valence-corrected chi connectivity index (χ2v) is 6.72. The lowest BCUT2D eigenvalue weighted by molar-refractivity contribution is -0.383. The first kappa shape index (κ1) is 14.4. The van der Waals surface area contributed by atoms with Crippen molar-refractivity contribution in [1.82, 2.24) is 13.9 Å². The molecule has 1 aromatic carbocycles. The number of aryl methyl sites for hydroxylation is 2. The summed E-state index contributed by atoms with van der Waals surface area (Å²) < 4.78 is 26.9. The molecule has 0 aliphatic carbocycles. The van der Waals surface area contributed by atoms with Crippen molar-refractivity contribution in [2.45, 2.75) is 11.8 Å². The SMILES string of the molecule is Cc1nc2c([N+](=O)[O-])cc(S(=O)(=O)N(C)C)cc2n1C. The highest BCUT2D eigenvalue weighted by atomic mass is 32.2. The van der Waals surface area contributed by atoms with Gasteiger partial charge < -0.3 is 4.57 Å². The number of nitrogens with zero attached hydrogens (tertiary/aromatic N) is 4. The number of rotatable bonds is 3. The van der Waals surface area contributed by atoms with E-state index < -0.39 is 14.9 Å². The molecular formula is C11H14N4O4S. The third-order valence-electron chi connectivity index (χ3n) is 3.14. The van der Waals surface area contributed by atoms with Gasteiger partial charge in [-0.05, 0) is 13.0 Å². The van der Waals surface area contributed by atoms with Crippen LogP contribution in [0.4, 0.5) is 5.69 Å². The van der Waals surface area contributed by atoms with Crippen molar-refractivity contribution in [3.05, 3.63) is 28.1 Å². The number of fused-ring (bicyclic) bond motifs is 1. The lowest BCUT2D eigenvalue weighted by Gasteiger charge is -2.11. The Kier molecular flexibility index (Phi) is 3.26. The van der Waals surface area contributed by atoms with Gasteiger partial charge in [0.2, 0.25) is 10.0 Å². The predicted octanol–water partition coefficient (Wildman–Crippen LogP) is 1.04. The van der Waals surface area contributed by atoms with Gasteiger partial charge in [0, 0.05) is 27.2 Å².